The summed E-state index contributed by atoms with van der Waals surface area (Å²) in [5.41, 5.74) is 2.60. The molecule has 1 fully saturated rings. The van der Waals surface area contributed by atoms with Crippen LogP contribution in [0.3, 0.4) is 0 Å². The third kappa shape index (κ3) is 4.02. The maximum atomic E-state index is 13.8. The predicted octanol–water partition coefficient (Wildman–Crippen LogP) is 2.83. The van der Waals surface area contributed by atoms with E-state index in [1.165, 1.54) is 11.8 Å². The van der Waals surface area contributed by atoms with Gasteiger partial charge >= 0.3 is 5.97 Å². The number of carbonyl (C=O) groups is 2. The summed E-state index contributed by atoms with van der Waals surface area (Å²) >= 11 is 5.43. The van der Waals surface area contributed by atoms with Crippen molar-refractivity contribution in [1.82, 2.24) is 24.6 Å². The van der Waals surface area contributed by atoms with Gasteiger partial charge in [0.2, 0.25) is 0 Å². The van der Waals surface area contributed by atoms with Gasteiger partial charge in [0.25, 0.3) is 0 Å². The van der Waals surface area contributed by atoms with E-state index in [-0.39, 0.29) is 36.0 Å². The number of likely N-dealkylation sites (tertiary alicyclic amines) is 1. The summed E-state index contributed by atoms with van der Waals surface area (Å²) in [6, 6.07) is 4.54. The summed E-state index contributed by atoms with van der Waals surface area (Å²) in [5, 5.41) is 14.4. The molecule has 1 aliphatic heterocycles. The Labute approximate surface area is 182 Å². The van der Waals surface area contributed by atoms with Crippen molar-refractivity contribution in [2.45, 2.75) is 39.0 Å². The number of thiocarbonyl (C=S) groups is 1. The fourth-order valence-electron chi connectivity index (χ4n) is 3.79. The highest BCUT2D eigenvalue weighted by Gasteiger charge is 2.38. The molecule has 0 bridgehead atoms. The summed E-state index contributed by atoms with van der Waals surface area (Å²) in [6.07, 6.45) is 2.07. The van der Waals surface area contributed by atoms with Crippen LogP contribution in [-0.4, -0.2) is 65.3 Å². The third-order valence-electron chi connectivity index (χ3n) is 5.34. The number of rotatable bonds is 5. The fourth-order valence-corrected chi connectivity index (χ4v) is 4.12. The van der Waals surface area contributed by atoms with Gasteiger partial charge in [-0.1, -0.05) is 18.3 Å². The van der Waals surface area contributed by atoms with E-state index in [4.69, 9.17) is 12.2 Å². The molecule has 10 heteroatoms. The van der Waals surface area contributed by atoms with Crippen molar-refractivity contribution in [2.24, 2.45) is 0 Å². The zero-order valence-corrected chi connectivity index (χ0v) is 17.8. The Bertz CT molecular complexity index is 1190. The van der Waals surface area contributed by atoms with Crippen molar-refractivity contribution in [3.63, 3.8) is 0 Å². The van der Waals surface area contributed by atoms with E-state index in [0.29, 0.717) is 16.7 Å². The normalized spacial score (nSPS) is 18.5. The number of halogens is 1. The van der Waals surface area contributed by atoms with Gasteiger partial charge in [-0.15, -0.1) is 0 Å². The van der Waals surface area contributed by atoms with Crippen LogP contribution < -0.4 is 0 Å². The lowest BCUT2D eigenvalue weighted by Crippen LogP contribution is -2.41. The first-order chi connectivity index (χ1) is 14.7. The Morgan fingerprint density at radius 2 is 1.97 bits per heavy atom. The summed E-state index contributed by atoms with van der Waals surface area (Å²) < 4.78 is 15.4. The zero-order valence-electron chi connectivity index (χ0n) is 16.9. The highest BCUT2D eigenvalue weighted by Crippen LogP contribution is 2.27. The van der Waals surface area contributed by atoms with Gasteiger partial charge in [0.15, 0.2) is 5.78 Å². The number of hydrogen-bond donors (Lipinski definition) is 1. The van der Waals surface area contributed by atoms with E-state index in [1.807, 2.05) is 18.2 Å². The van der Waals surface area contributed by atoms with Crippen molar-refractivity contribution in [1.29, 1.82) is 0 Å². The average molecular weight is 441 g/mol. The molecule has 0 radical (unpaired) electrons. The largest absolute Gasteiger partial charge is 0.480 e. The molecule has 0 amide bonds. The van der Waals surface area contributed by atoms with Gasteiger partial charge in [-0.05, 0) is 24.6 Å². The number of Topliss-reactive ketones (excluding diaryl/α,β-unsaturated/α-hetero) is 1. The van der Waals surface area contributed by atoms with Crippen LogP contribution in [0.15, 0.2) is 30.6 Å². The smallest absolute Gasteiger partial charge is 0.326 e. The van der Waals surface area contributed by atoms with Gasteiger partial charge in [-0.3, -0.25) is 9.48 Å². The number of carbonyl (C=O) groups excluding carboxylic acids is 1. The van der Waals surface area contributed by atoms with Gasteiger partial charge in [0.1, 0.15) is 28.7 Å². The monoisotopic (exact) mass is 441 g/mol. The van der Waals surface area contributed by atoms with Gasteiger partial charge in [-0.25, -0.2) is 19.2 Å². The summed E-state index contributed by atoms with van der Waals surface area (Å²) in [7, 11) is 0. The molecule has 1 aromatic carbocycles. The van der Waals surface area contributed by atoms with Crippen LogP contribution in [0.2, 0.25) is 0 Å². The highest BCUT2D eigenvalue weighted by atomic mass is 32.1. The molecule has 31 heavy (non-hydrogen) atoms. The second-order valence-corrected chi connectivity index (χ2v) is 8.02. The topological polar surface area (TPSA) is 101 Å². The van der Waals surface area contributed by atoms with Crippen molar-refractivity contribution in [2.75, 3.05) is 6.54 Å². The lowest BCUT2D eigenvalue weighted by atomic mass is 10.0. The van der Waals surface area contributed by atoms with Crippen LogP contribution in [-0.2, 0) is 11.3 Å². The summed E-state index contributed by atoms with van der Waals surface area (Å²) in [4.78, 5) is 33.8. The minimum atomic E-state index is -1.25. The molecular weight excluding hydrogens is 421 g/mol. The number of carboxylic acids is 1. The van der Waals surface area contributed by atoms with E-state index in [2.05, 4.69) is 15.1 Å². The molecule has 2 aromatic heterocycles. The Balaban J connectivity index is 1.70. The minimum absolute atomic E-state index is 0.0634. The second-order valence-electron chi connectivity index (χ2n) is 7.55. The van der Waals surface area contributed by atoms with Gasteiger partial charge < -0.3 is 10.0 Å². The maximum Gasteiger partial charge on any atom is 0.326 e. The van der Waals surface area contributed by atoms with Crippen molar-refractivity contribution in [3.05, 3.63) is 42.1 Å². The molecular formula is C21H20FN5O3S. The number of fused-ring (bicyclic) bond motifs is 1. The van der Waals surface area contributed by atoms with Crippen LogP contribution in [0.1, 0.15) is 29.7 Å². The SMILES string of the molecule is CC(=O)c1nn(CC(=S)N2CC(F)CC2C(=O)O)c2ccc(-c3cnc(C)nc3)cc12. The van der Waals surface area contributed by atoms with Crippen molar-refractivity contribution >= 4 is 39.9 Å². The van der Waals surface area contributed by atoms with Crippen LogP contribution >= 0.6 is 12.2 Å². The Morgan fingerprint density at radius 3 is 2.61 bits per heavy atom. The molecule has 3 heterocycles. The zero-order chi connectivity index (χ0) is 22.3. The maximum absolute atomic E-state index is 13.8. The third-order valence-corrected chi connectivity index (χ3v) is 5.70. The van der Waals surface area contributed by atoms with E-state index in [9.17, 15) is 19.1 Å². The Kier molecular flexibility index (Phi) is 5.48. The molecule has 1 saturated heterocycles. The number of carboxylic acid groups (broad SMARTS) is 1. The second kappa shape index (κ2) is 8.10. The first-order valence-electron chi connectivity index (χ1n) is 9.71. The van der Waals surface area contributed by atoms with Crippen LogP contribution in [0.25, 0.3) is 22.0 Å². The minimum Gasteiger partial charge on any atom is -0.480 e. The molecule has 1 aliphatic rings. The Hall–Kier alpha value is -3.27. The van der Waals surface area contributed by atoms with Crippen LogP contribution in [0.5, 0.6) is 0 Å². The number of aryl methyl sites for hydroxylation is 1. The standard InChI is InChI=1S/C21H20FN5O3S/c1-11(28)20-16-5-13(14-7-23-12(2)24-8-14)3-4-17(16)27(25-20)10-19(31)26-9-15(22)6-18(26)21(29)30/h3-5,7-8,15,18H,6,9-10H2,1-2H3,(H,29,30). The first-order valence-corrected chi connectivity index (χ1v) is 10.1. The van der Waals surface area contributed by atoms with E-state index >= 15 is 0 Å². The number of aromatic nitrogens is 4. The number of hydrogen-bond acceptors (Lipinski definition) is 6. The molecule has 8 nitrogen and oxygen atoms in total. The lowest BCUT2D eigenvalue weighted by Gasteiger charge is -2.23. The van der Waals surface area contributed by atoms with Crippen LogP contribution in [0.4, 0.5) is 4.39 Å². The molecule has 2 unspecified atom stereocenters. The number of nitrogens with zero attached hydrogens (tertiary/aromatic N) is 5. The molecule has 0 saturated carbocycles. The number of aliphatic carboxylic acids is 1. The Morgan fingerprint density at radius 1 is 1.26 bits per heavy atom. The quantitative estimate of drug-likeness (QED) is 0.477. The molecule has 0 aliphatic carbocycles. The van der Waals surface area contributed by atoms with E-state index < -0.39 is 18.2 Å². The van der Waals surface area contributed by atoms with Gasteiger partial charge in [0.05, 0.1) is 18.6 Å². The number of benzene rings is 1. The highest BCUT2D eigenvalue weighted by molar-refractivity contribution is 7.80. The molecule has 3 aromatic rings. The van der Waals surface area contributed by atoms with E-state index in [0.717, 1.165) is 11.1 Å². The number of alkyl halides is 1. The lowest BCUT2D eigenvalue weighted by molar-refractivity contribution is -0.140. The van der Waals surface area contributed by atoms with Crippen LogP contribution in [0, 0.1) is 6.92 Å². The molecule has 1 N–H and O–H groups in total. The fraction of sp³-hybridized carbons (Fsp3) is 0.333. The number of ketones is 1. The molecule has 0 spiro atoms. The van der Waals surface area contributed by atoms with Gasteiger partial charge in [0, 0.05) is 36.7 Å². The predicted molar refractivity (Wildman–Crippen MR) is 116 cm³/mol. The van der Waals surface area contributed by atoms with E-state index in [1.54, 1.807) is 24.0 Å². The summed E-state index contributed by atoms with van der Waals surface area (Å²) in [5.74, 6) is -0.657. The molecule has 160 valence electrons. The molecule has 4 rings (SSSR count). The summed E-state index contributed by atoms with van der Waals surface area (Å²) in [6.45, 7) is 3.24. The average Bonchev–Trinajstić information content (AvgIpc) is 3.29. The van der Waals surface area contributed by atoms with Crippen molar-refractivity contribution in [3.8, 4) is 11.1 Å². The van der Waals surface area contributed by atoms with Crippen molar-refractivity contribution < 1.29 is 19.1 Å². The first kappa shape index (κ1) is 21.0. The van der Waals surface area contributed by atoms with Gasteiger partial charge in [-0.2, -0.15) is 5.10 Å². The molecule has 2 atom stereocenters.